The van der Waals surface area contributed by atoms with Gasteiger partial charge in [0.25, 0.3) is 5.91 Å². The number of halogens is 5. The first-order valence-corrected chi connectivity index (χ1v) is 20.2. The summed E-state index contributed by atoms with van der Waals surface area (Å²) in [5.74, 6) is -1.81. The summed E-state index contributed by atoms with van der Waals surface area (Å²) in [5.41, 5.74) is 1.03. The fraction of sp³-hybridized carbons (Fsp3) is 0.442. The molecule has 0 bridgehead atoms. The third-order valence-corrected chi connectivity index (χ3v) is 11.9. The summed E-state index contributed by atoms with van der Waals surface area (Å²) in [4.78, 5) is 52.4. The lowest BCUT2D eigenvalue weighted by Gasteiger charge is -2.62. The van der Waals surface area contributed by atoms with Crippen LogP contribution in [0, 0.1) is 29.9 Å². The van der Waals surface area contributed by atoms with E-state index in [9.17, 15) is 27.6 Å². The zero-order chi connectivity index (χ0) is 44.7. The molecule has 4 heterocycles. The monoisotopic (exact) mass is 862 g/mol. The molecule has 3 aromatic heterocycles. The number of anilines is 1. The molecule has 2 fully saturated rings. The van der Waals surface area contributed by atoms with Gasteiger partial charge >= 0.3 is 12.2 Å². The molecule has 1 saturated heterocycles. The minimum atomic E-state index is -4.58. The first-order chi connectivity index (χ1) is 29.3. The number of amides is 3. The van der Waals surface area contributed by atoms with Crippen LogP contribution in [0.15, 0.2) is 53.2 Å². The molecule has 0 radical (unpaired) electrons. The Labute approximate surface area is 354 Å². The fourth-order valence-corrected chi connectivity index (χ4v) is 8.46. The molecule has 5 aromatic rings. The molecule has 328 valence electrons. The van der Waals surface area contributed by atoms with Gasteiger partial charge in [-0.15, -0.1) is 0 Å². The summed E-state index contributed by atoms with van der Waals surface area (Å²) in [6, 6.07) is 10.9. The Balaban J connectivity index is 0.960. The third kappa shape index (κ3) is 8.54. The van der Waals surface area contributed by atoms with Crippen LogP contribution in [0.2, 0.25) is 0 Å². The number of aromatic nitrogens is 6. The van der Waals surface area contributed by atoms with E-state index in [1.54, 1.807) is 25.1 Å². The normalized spacial score (nSPS) is 15.9. The van der Waals surface area contributed by atoms with Gasteiger partial charge in [0.1, 0.15) is 29.2 Å². The van der Waals surface area contributed by atoms with Crippen molar-refractivity contribution in [3.05, 3.63) is 94.5 Å². The van der Waals surface area contributed by atoms with Gasteiger partial charge in [-0.25, -0.2) is 28.5 Å². The van der Waals surface area contributed by atoms with E-state index >= 15 is 8.78 Å². The maximum atomic E-state index is 16.0. The van der Waals surface area contributed by atoms with Crippen molar-refractivity contribution in [2.24, 2.45) is 11.3 Å². The van der Waals surface area contributed by atoms with Crippen molar-refractivity contribution < 1.29 is 40.9 Å². The van der Waals surface area contributed by atoms with Gasteiger partial charge in [-0.2, -0.15) is 18.3 Å². The van der Waals surface area contributed by atoms with Crippen molar-refractivity contribution >= 4 is 23.9 Å². The Hall–Kier alpha value is -6.11. The highest BCUT2D eigenvalue weighted by Crippen LogP contribution is 2.58. The summed E-state index contributed by atoms with van der Waals surface area (Å²) in [5, 5.41) is 14.9. The Morgan fingerprint density at radius 3 is 2.42 bits per heavy atom. The van der Waals surface area contributed by atoms with Gasteiger partial charge in [0.15, 0.2) is 17.3 Å². The highest BCUT2D eigenvalue weighted by molar-refractivity contribution is 5.92. The number of hydrogen-bond donors (Lipinski definition) is 3. The van der Waals surface area contributed by atoms with Gasteiger partial charge in [0.05, 0.1) is 12.2 Å². The number of H-pyrrole nitrogens is 1. The van der Waals surface area contributed by atoms with Gasteiger partial charge in [0.2, 0.25) is 5.76 Å². The third-order valence-electron chi connectivity index (χ3n) is 11.9. The maximum Gasteiger partial charge on any atom is 0.401 e. The van der Waals surface area contributed by atoms with Crippen LogP contribution < -0.4 is 15.5 Å². The molecule has 3 amide bonds. The number of likely N-dealkylation sites (tertiary alicyclic amines) is 1. The van der Waals surface area contributed by atoms with Gasteiger partial charge in [-0.1, -0.05) is 37.2 Å². The molecule has 1 aliphatic heterocycles. The SMILES string of the molecule is CNC(=O)N(CCC=O)c1ccc(C2CC3(C2)CN(C(c2ccc(-c4cnc(-c5cc(C(=O)NCc6nc(C(C)(C)C(F)(F)F)n[nH]6)on5)nc4C)c(F)c2)C(C)C)C3)cc1F. The minimum Gasteiger partial charge on any atom is -0.350 e. The molecule has 1 spiro atoms. The molecule has 19 heteroatoms. The highest BCUT2D eigenvalue weighted by atomic mass is 19.4. The molecule has 7 rings (SSSR count). The number of carbonyl (C=O) groups is 3. The number of nitrogens with one attached hydrogen (secondary N) is 3. The summed E-state index contributed by atoms with van der Waals surface area (Å²) in [6.45, 7) is 9.31. The molecule has 1 unspecified atom stereocenters. The number of urea groups is 1. The van der Waals surface area contributed by atoms with Crippen LogP contribution in [0.3, 0.4) is 0 Å². The summed E-state index contributed by atoms with van der Waals surface area (Å²) >= 11 is 0. The second-order valence-corrected chi connectivity index (χ2v) is 17.0. The zero-order valence-electron chi connectivity index (χ0n) is 35.0. The van der Waals surface area contributed by atoms with Crippen LogP contribution >= 0.6 is 0 Å². The standard InChI is InChI=1S/C43H47F5N10O4/c1-23(2)36(57-21-42(22-57)17-27(18-42)25-9-11-33(31(45)14-25)58(12-7-13-59)40(61)49-6)26-8-10-28(30(44)15-26)29-19-50-37(52-24(29)3)32-16-34(62-56-32)38(60)51-20-35-53-39(55-54-35)41(4,5)43(46,47)48/h8-11,13-16,19,23,27,36H,7,12,17-18,20-22H2,1-6H3,(H,49,61)(H,51,60)(H,53,54,55). The summed E-state index contributed by atoms with van der Waals surface area (Å²) in [6.07, 6.45) is -0.532. The number of rotatable bonds is 14. The van der Waals surface area contributed by atoms with Crippen molar-refractivity contribution in [1.29, 1.82) is 0 Å². The average Bonchev–Trinajstić information content (AvgIpc) is 3.89. The maximum absolute atomic E-state index is 16.0. The molecule has 1 atom stereocenters. The molecule has 1 saturated carbocycles. The van der Waals surface area contributed by atoms with Crippen LogP contribution in [-0.4, -0.2) is 86.3 Å². The lowest BCUT2D eigenvalue weighted by Crippen LogP contribution is -2.62. The molecule has 14 nitrogen and oxygen atoms in total. The molecular weight excluding hydrogens is 816 g/mol. The number of aryl methyl sites for hydroxylation is 1. The largest absolute Gasteiger partial charge is 0.401 e. The second kappa shape index (κ2) is 17.0. The number of nitrogens with zero attached hydrogens (tertiary/aromatic N) is 7. The highest BCUT2D eigenvalue weighted by Gasteiger charge is 2.54. The molecule has 62 heavy (non-hydrogen) atoms. The van der Waals surface area contributed by atoms with E-state index in [0.29, 0.717) is 23.1 Å². The van der Waals surface area contributed by atoms with Crippen molar-refractivity contribution in [3.8, 4) is 22.6 Å². The molecule has 2 aromatic carbocycles. The van der Waals surface area contributed by atoms with Crippen LogP contribution in [0.4, 0.5) is 32.4 Å². The van der Waals surface area contributed by atoms with E-state index in [0.717, 1.165) is 50.9 Å². The number of aldehydes is 1. The lowest BCUT2D eigenvalue weighted by atomic mass is 9.55. The topological polar surface area (TPSA) is 175 Å². The van der Waals surface area contributed by atoms with Crippen molar-refractivity contribution in [1.82, 2.24) is 45.8 Å². The lowest BCUT2D eigenvalue weighted by molar-refractivity contribution is -0.182. The average molecular weight is 863 g/mol. The summed E-state index contributed by atoms with van der Waals surface area (Å²) in [7, 11) is 1.46. The van der Waals surface area contributed by atoms with Crippen LogP contribution in [0.1, 0.15) is 97.9 Å². The van der Waals surface area contributed by atoms with Crippen LogP contribution in [0.25, 0.3) is 22.6 Å². The Bertz CT molecular complexity index is 2470. The summed E-state index contributed by atoms with van der Waals surface area (Å²) < 4.78 is 76.6. The molecule has 1 aliphatic carbocycles. The van der Waals surface area contributed by atoms with Crippen LogP contribution in [0.5, 0.6) is 0 Å². The molecule has 2 aliphatic rings. The number of aromatic amines is 1. The van der Waals surface area contributed by atoms with Gasteiger partial charge in [-0.05, 0) is 80.2 Å². The van der Waals surface area contributed by atoms with E-state index in [4.69, 9.17) is 4.52 Å². The number of alkyl halides is 3. The van der Waals surface area contributed by atoms with E-state index < -0.39 is 41.0 Å². The Morgan fingerprint density at radius 2 is 1.79 bits per heavy atom. The quantitative estimate of drug-likeness (QED) is 0.0746. The fourth-order valence-electron chi connectivity index (χ4n) is 8.46. The van der Waals surface area contributed by atoms with E-state index in [1.807, 2.05) is 12.1 Å². The smallest absolute Gasteiger partial charge is 0.350 e. The predicted molar refractivity (Wildman–Crippen MR) is 217 cm³/mol. The first-order valence-electron chi connectivity index (χ1n) is 20.2. The van der Waals surface area contributed by atoms with Crippen molar-refractivity contribution in [2.75, 3.05) is 31.6 Å². The van der Waals surface area contributed by atoms with Crippen LogP contribution in [-0.2, 0) is 16.8 Å². The number of carbonyl (C=O) groups excluding carboxylic acids is 3. The first kappa shape index (κ1) is 44.0. The number of benzene rings is 2. The van der Waals surface area contributed by atoms with E-state index in [-0.39, 0.29) is 71.6 Å². The van der Waals surface area contributed by atoms with Gasteiger partial charge in [0, 0.05) is 68.2 Å². The van der Waals surface area contributed by atoms with Gasteiger partial charge < -0.3 is 20.0 Å². The van der Waals surface area contributed by atoms with E-state index in [1.165, 1.54) is 30.3 Å². The predicted octanol–water partition coefficient (Wildman–Crippen LogP) is 7.58. The van der Waals surface area contributed by atoms with Crippen molar-refractivity contribution in [2.45, 2.75) is 84.0 Å². The zero-order valence-corrected chi connectivity index (χ0v) is 35.0. The Kier molecular flexibility index (Phi) is 12.0. The van der Waals surface area contributed by atoms with Gasteiger partial charge in [-0.3, -0.25) is 19.7 Å². The Morgan fingerprint density at radius 1 is 1.05 bits per heavy atom. The number of hydrogen-bond acceptors (Lipinski definition) is 10. The minimum absolute atomic E-state index is 0.0132. The van der Waals surface area contributed by atoms with E-state index in [2.05, 4.69) is 59.7 Å². The second-order valence-electron chi connectivity index (χ2n) is 17.0. The van der Waals surface area contributed by atoms with Crippen molar-refractivity contribution in [3.63, 3.8) is 0 Å². The molecule has 3 N–H and O–H groups in total. The molecular formula is C43H47F5N10O4.